The quantitative estimate of drug-likeness (QED) is 0.530. The number of carbonyl (C=O) groups excluding carboxylic acids is 2. The summed E-state index contributed by atoms with van der Waals surface area (Å²) < 4.78 is 36.6. The molecule has 0 spiro atoms. The number of sulfonamides is 1. The highest BCUT2D eigenvalue weighted by Gasteiger charge is 2.29. The van der Waals surface area contributed by atoms with Gasteiger partial charge in [0.05, 0.1) is 7.11 Å². The Morgan fingerprint density at radius 1 is 1.24 bits per heavy atom. The number of hydrogen-bond donors (Lipinski definition) is 1. The molecule has 0 aliphatic carbocycles. The van der Waals surface area contributed by atoms with E-state index in [1.807, 2.05) is 13.8 Å². The second kappa shape index (κ2) is 9.89. The second-order valence-corrected chi connectivity index (χ2v) is 8.84. The first-order valence-corrected chi connectivity index (χ1v) is 11.0. The Balaban J connectivity index is 2.02. The summed E-state index contributed by atoms with van der Waals surface area (Å²) in [5.41, 5.74) is 0.473. The zero-order valence-electron chi connectivity index (χ0n) is 17.2. The van der Waals surface area contributed by atoms with Crippen LogP contribution >= 0.6 is 0 Å². The molecule has 160 valence electrons. The maximum Gasteiger partial charge on any atom is 0.331 e. The number of ether oxygens (including phenoxy) is 2. The molecule has 2 rings (SSSR count). The second-order valence-electron chi connectivity index (χ2n) is 6.99. The minimum Gasteiger partial charge on any atom is -0.495 e. The van der Waals surface area contributed by atoms with E-state index in [1.54, 1.807) is 11.0 Å². The summed E-state index contributed by atoms with van der Waals surface area (Å²) in [6.45, 7) is 3.67. The largest absolute Gasteiger partial charge is 0.495 e. The molecule has 0 aromatic heterocycles. The Kier molecular flexibility index (Phi) is 7.80. The number of nitrogens with one attached hydrogen (secondary N) is 1. The first-order chi connectivity index (χ1) is 13.7. The molecule has 1 heterocycles. The van der Waals surface area contributed by atoms with Crippen molar-refractivity contribution in [2.24, 2.45) is 0 Å². The monoisotopic (exact) mass is 424 g/mol. The number of esters is 1. The first-order valence-electron chi connectivity index (χ1n) is 9.47. The number of likely N-dealkylation sites (tertiary alicyclic amines) is 1. The predicted molar refractivity (Wildman–Crippen MR) is 109 cm³/mol. The predicted octanol–water partition coefficient (Wildman–Crippen LogP) is 1.95. The molecule has 0 radical (unpaired) electrons. The molecule has 1 N–H and O–H groups in total. The molecule has 1 aromatic rings. The Morgan fingerprint density at radius 2 is 1.90 bits per heavy atom. The minimum atomic E-state index is -3.72. The number of rotatable bonds is 7. The van der Waals surface area contributed by atoms with Crippen LogP contribution in [0.25, 0.3) is 6.08 Å². The summed E-state index contributed by atoms with van der Waals surface area (Å²) in [7, 11) is -1.05. The highest BCUT2D eigenvalue weighted by Crippen LogP contribution is 2.25. The van der Waals surface area contributed by atoms with Gasteiger partial charge in [-0.15, -0.1) is 0 Å². The molecule has 8 nitrogen and oxygen atoms in total. The zero-order chi connectivity index (χ0) is 21.6. The fraction of sp³-hybridized carbons (Fsp3) is 0.500. The van der Waals surface area contributed by atoms with E-state index in [2.05, 4.69) is 4.72 Å². The molecule has 0 saturated carbocycles. The molecule has 2 atom stereocenters. The fourth-order valence-electron chi connectivity index (χ4n) is 3.45. The van der Waals surface area contributed by atoms with Crippen LogP contribution in [0.2, 0.25) is 0 Å². The first kappa shape index (κ1) is 22.9. The third-order valence-corrected chi connectivity index (χ3v) is 6.41. The summed E-state index contributed by atoms with van der Waals surface area (Å²) >= 11 is 0. The number of carbonyl (C=O) groups is 2. The van der Waals surface area contributed by atoms with Crippen molar-refractivity contribution in [1.29, 1.82) is 0 Å². The van der Waals surface area contributed by atoms with Crippen LogP contribution < -0.4 is 9.46 Å². The van der Waals surface area contributed by atoms with Gasteiger partial charge >= 0.3 is 5.97 Å². The lowest BCUT2D eigenvalue weighted by atomic mass is 9.97. The van der Waals surface area contributed by atoms with Crippen molar-refractivity contribution < 1.29 is 27.5 Å². The van der Waals surface area contributed by atoms with E-state index in [0.29, 0.717) is 5.56 Å². The van der Waals surface area contributed by atoms with Crippen molar-refractivity contribution in [2.45, 2.75) is 50.1 Å². The molecule has 1 fully saturated rings. The normalized spacial score (nSPS) is 19.9. The van der Waals surface area contributed by atoms with E-state index in [1.165, 1.54) is 32.4 Å². The maximum atomic E-state index is 12.4. The van der Waals surface area contributed by atoms with Crippen LogP contribution in [0.1, 0.15) is 38.7 Å². The number of methoxy groups -OCH3 is 1. The van der Waals surface area contributed by atoms with Crippen molar-refractivity contribution in [2.75, 3.05) is 20.8 Å². The summed E-state index contributed by atoms with van der Waals surface area (Å²) in [5, 5.41) is 0. The average molecular weight is 425 g/mol. The number of hydrogen-bond acceptors (Lipinski definition) is 6. The van der Waals surface area contributed by atoms with Gasteiger partial charge in [-0.05, 0) is 63.9 Å². The van der Waals surface area contributed by atoms with Crippen LogP contribution in [0.15, 0.2) is 29.2 Å². The van der Waals surface area contributed by atoms with Gasteiger partial charge in [-0.25, -0.2) is 17.9 Å². The molecule has 1 aliphatic rings. The summed E-state index contributed by atoms with van der Waals surface area (Å²) in [4.78, 5) is 26.1. The third kappa shape index (κ3) is 5.80. The van der Waals surface area contributed by atoms with E-state index in [-0.39, 0.29) is 35.2 Å². The smallest absolute Gasteiger partial charge is 0.331 e. The van der Waals surface area contributed by atoms with Gasteiger partial charge in [0.1, 0.15) is 10.6 Å². The van der Waals surface area contributed by atoms with Crippen LogP contribution in [0.4, 0.5) is 0 Å². The number of amides is 1. The number of benzene rings is 1. The van der Waals surface area contributed by atoms with Crippen molar-refractivity contribution in [3.05, 3.63) is 29.8 Å². The standard InChI is InChI=1S/C20H28N2O6S/c1-14-6-5-7-15(2)22(14)19(23)13-28-20(24)11-9-16-8-10-17(27-4)18(12-16)29(25,26)21-3/h8-12,14-15,21H,5-7,13H2,1-4H3/b11-9+/t14-,15-/m1/s1. The Labute approximate surface area is 171 Å². The van der Waals surface area contributed by atoms with Gasteiger partial charge in [0.2, 0.25) is 10.0 Å². The summed E-state index contributed by atoms with van der Waals surface area (Å²) in [5.74, 6) is -0.697. The van der Waals surface area contributed by atoms with Crippen LogP contribution in [0.5, 0.6) is 5.75 Å². The van der Waals surface area contributed by atoms with Crippen molar-refractivity contribution in [1.82, 2.24) is 9.62 Å². The summed E-state index contributed by atoms with van der Waals surface area (Å²) in [6.07, 6.45) is 5.56. The highest BCUT2D eigenvalue weighted by atomic mass is 32.2. The van der Waals surface area contributed by atoms with E-state index in [9.17, 15) is 18.0 Å². The maximum absolute atomic E-state index is 12.4. The molecule has 9 heteroatoms. The Hall–Kier alpha value is -2.39. The number of piperidine rings is 1. The van der Waals surface area contributed by atoms with Gasteiger partial charge in [0.15, 0.2) is 6.61 Å². The van der Waals surface area contributed by atoms with Crippen LogP contribution in [0.3, 0.4) is 0 Å². The topological polar surface area (TPSA) is 102 Å². The molecule has 29 heavy (non-hydrogen) atoms. The van der Waals surface area contributed by atoms with Crippen molar-refractivity contribution in [3.63, 3.8) is 0 Å². The minimum absolute atomic E-state index is 0.0405. The Morgan fingerprint density at radius 3 is 2.48 bits per heavy atom. The van der Waals surface area contributed by atoms with Crippen LogP contribution in [0, 0.1) is 0 Å². The van der Waals surface area contributed by atoms with Crippen molar-refractivity contribution in [3.8, 4) is 5.75 Å². The fourth-order valence-corrected chi connectivity index (χ4v) is 4.38. The molecule has 0 bridgehead atoms. The molecular formula is C20H28N2O6S. The molecule has 0 unspecified atom stereocenters. The van der Waals surface area contributed by atoms with Gasteiger partial charge in [0.25, 0.3) is 5.91 Å². The molecule has 1 amide bonds. The lowest BCUT2D eigenvalue weighted by Crippen LogP contribution is -2.49. The molecule has 1 aromatic carbocycles. The molecule has 1 aliphatic heterocycles. The SMILES string of the molecule is CNS(=O)(=O)c1cc(/C=C/C(=O)OCC(=O)N2[C@H](C)CCC[C@H]2C)ccc1OC. The van der Waals surface area contributed by atoms with E-state index < -0.39 is 16.0 Å². The van der Waals surface area contributed by atoms with E-state index >= 15 is 0 Å². The van der Waals surface area contributed by atoms with E-state index in [4.69, 9.17) is 9.47 Å². The van der Waals surface area contributed by atoms with Gasteiger partial charge in [-0.2, -0.15) is 0 Å². The third-order valence-electron chi connectivity index (χ3n) is 4.98. The lowest BCUT2D eigenvalue weighted by Gasteiger charge is -2.38. The molecule has 1 saturated heterocycles. The van der Waals surface area contributed by atoms with Crippen LogP contribution in [-0.4, -0.2) is 58.0 Å². The summed E-state index contributed by atoms with van der Waals surface area (Å²) in [6, 6.07) is 4.76. The van der Waals surface area contributed by atoms with Gasteiger partial charge in [-0.1, -0.05) is 6.07 Å². The number of nitrogens with zero attached hydrogens (tertiary/aromatic N) is 1. The molecular weight excluding hydrogens is 396 g/mol. The van der Waals surface area contributed by atoms with Crippen LogP contribution in [-0.2, 0) is 24.3 Å². The van der Waals surface area contributed by atoms with Crippen molar-refractivity contribution >= 4 is 28.0 Å². The van der Waals surface area contributed by atoms with E-state index in [0.717, 1.165) is 25.3 Å². The highest BCUT2D eigenvalue weighted by molar-refractivity contribution is 7.89. The van der Waals surface area contributed by atoms with Gasteiger partial charge < -0.3 is 14.4 Å². The van der Waals surface area contributed by atoms with Gasteiger partial charge in [-0.3, -0.25) is 4.79 Å². The lowest BCUT2D eigenvalue weighted by molar-refractivity contribution is -0.151. The van der Waals surface area contributed by atoms with Gasteiger partial charge in [0, 0.05) is 18.2 Å². The Bertz CT molecular complexity index is 871. The zero-order valence-corrected chi connectivity index (χ0v) is 18.0. The average Bonchev–Trinajstić information content (AvgIpc) is 2.70.